The fraction of sp³-hybridized carbons (Fsp3) is 0.636. The Morgan fingerprint density at radius 3 is 2.67 bits per heavy atom. The third-order valence-corrected chi connectivity index (χ3v) is 2.86. The molecule has 0 bridgehead atoms. The fourth-order valence-corrected chi connectivity index (χ4v) is 2.14. The van der Waals surface area contributed by atoms with Crippen molar-refractivity contribution >= 4 is 0 Å². The summed E-state index contributed by atoms with van der Waals surface area (Å²) < 4.78 is 5.29. The highest BCUT2D eigenvalue weighted by atomic mass is 16.5. The summed E-state index contributed by atoms with van der Waals surface area (Å²) in [4.78, 5) is 0. The van der Waals surface area contributed by atoms with Gasteiger partial charge in [0.2, 0.25) is 0 Å². The third kappa shape index (κ3) is 1.71. The molecule has 1 saturated carbocycles. The Hall–Kier alpha value is -0.720. The molecule has 1 nitrogen and oxygen atoms in total. The van der Waals surface area contributed by atoms with E-state index in [1.54, 1.807) is 6.26 Å². The van der Waals surface area contributed by atoms with E-state index >= 15 is 0 Å². The Morgan fingerprint density at radius 2 is 2.00 bits per heavy atom. The molecule has 0 aromatic rings. The summed E-state index contributed by atoms with van der Waals surface area (Å²) in [5, 5.41) is 0. The maximum atomic E-state index is 5.29. The molecular formula is C11H16O. The summed E-state index contributed by atoms with van der Waals surface area (Å²) in [6.45, 7) is 0.834. The Morgan fingerprint density at radius 1 is 1.17 bits per heavy atom. The molecule has 1 heteroatoms. The average Bonchev–Trinajstić information content (AvgIpc) is 2.21. The van der Waals surface area contributed by atoms with E-state index in [1.165, 1.54) is 37.7 Å². The Kier molecular flexibility index (Phi) is 2.50. The highest BCUT2D eigenvalue weighted by Crippen LogP contribution is 2.30. The molecule has 1 aliphatic heterocycles. The number of ether oxygens (including phenoxy) is 1. The minimum Gasteiger partial charge on any atom is -0.497 e. The zero-order valence-corrected chi connectivity index (χ0v) is 7.46. The number of rotatable bonds is 1. The molecule has 12 heavy (non-hydrogen) atoms. The van der Waals surface area contributed by atoms with E-state index in [4.69, 9.17) is 4.74 Å². The van der Waals surface area contributed by atoms with Crippen molar-refractivity contribution in [2.24, 2.45) is 5.92 Å². The van der Waals surface area contributed by atoms with E-state index < -0.39 is 0 Å². The maximum Gasteiger partial charge on any atom is 0.109 e. The van der Waals surface area contributed by atoms with Gasteiger partial charge >= 0.3 is 0 Å². The molecule has 0 N–H and O–H groups in total. The molecule has 66 valence electrons. The molecule has 0 aromatic carbocycles. The van der Waals surface area contributed by atoms with Crippen molar-refractivity contribution in [3.63, 3.8) is 0 Å². The molecule has 1 aliphatic carbocycles. The van der Waals surface area contributed by atoms with Crippen molar-refractivity contribution in [2.75, 3.05) is 6.61 Å². The zero-order valence-electron chi connectivity index (χ0n) is 7.46. The first kappa shape index (κ1) is 7.90. The van der Waals surface area contributed by atoms with Crippen molar-refractivity contribution in [1.82, 2.24) is 0 Å². The molecule has 0 spiro atoms. The third-order valence-electron chi connectivity index (χ3n) is 2.86. The van der Waals surface area contributed by atoms with Gasteiger partial charge in [-0.15, -0.1) is 0 Å². The normalized spacial score (nSPS) is 24.8. The van der Waals surface area contributed by atoms with Crippen molar-refractivity contribution < 1.29 is 4.74 Å². The second-order valence-electron chi connectivity index (χ2n) is 3.72. The molecule has 1 heterocycles. The van der Waals surface area contributed by atoms with Crippen LogP contribution in [-0.2, 0) is 4.74 Å². The van der Waals surface area contributed by atoms with Crippen LogP contribution in [0.3, 0.4) is 0 Å². The lowest BCUT2D eigenvalue weighted by Gasteiger charge is -2.25. The van der Waals surface area contributed by atoms with Gasteiger partial charge < -0.3 is 4.74 Å². The van der Waals surface area contributed by atoms with E-state index in [2.05, 4.69) is 6.08 Å². The first-order valence-corrected chi connectivity index (χ1v) is 4.94. The molecule has 2 rings (SSSR count). The molecule has 0 amide bonds. The lowest BCUT2D eigenvalue weighted by atomic mass is 9.83. The topological polar surface area (TPSA) is 9.23 Å². The Balaban J connectivity index is 1.97. The van der Waals surface area contributed by atoms with Crippen molar-refractivity contribution in [3.05, 3.63) is 24.0 Å². The highest BCUT2D eigenvalue weighted by Gasteiger charge is 2.18. The van der Waals surface area contributed by atoms with Crippen LogP contribution in [0.4, 0.5) is 0 Å². The predicted molar refractivity (Wildman–Crippen MR) is 49.8 cm³/mol. The van der Waals surface area contributed by atoms with Crippen LogP contribution < -0.4 is 0 Å². The standard InChI is InChI=1S/C11H16O/c1-2-5-10(6-3-1)11-7-4-8-12-9-11/h4,7-8,10H,1-3,5-6,9H2. The van der Waals surface area contributed by atoms with Gasteiger partial charge in [0, 0.05) is 0 Å². The molecule has 0 saturated heterocycles. The van der Waals surface area contributed by atoms with Crippen LogP contribution in [-0.4, -0.2) is 6.61 Å². The zero-order chi connectivity index (χ0) is 8.23. The van der Waals surface area contributed by atoms with Gasteiger partial charge in [-0.05, 0) is 30.4 Å². The molecular weight excluding hydrogens is 148 g/mol. The van der Waals surface area contributed by atoms with Crippen LogP contribution in [0, 0.1) is 5.92 Å². The second kappa shape index (κ2) is 3.79. The minimum absolute atomic E-state index is 0.823. The molecule has 0 atom stereocenters. The quantitative estimate of drug-likeness (QED) is 0.578. The first-order chi connectivity index (χ1) is 5.97. The monoisotopic (exact) mass is 164 g/mol. The van der Waals surface area contributed by atoms with E-state index in [0.717, 1.165) is 12.5 Å². The maximum absolute atomic E-state index is 5.29. The van der Waals surface area contributed by atoms with Crippen molar-refractivity contribution in [3.8, 4) is 0 Å². The van der Waals surface area contributed by atoms with Crippen LogP contribution in [0.15, 0.2) is 24.0 Å². The van der Waals surface area contributed by atoms with E-state index in [1.807, 2.05) is 6.08 Å². The lowest BCUT2D eigenvalue weighted by molar-refractivity contribution is 0.251. The van der Waals surface area contributed by atoms with Gasteiger partial charge in [0.15, 0.2) is 0 Å². The van der Waals surface area contributed by atoms with Crippen LogP contribution in [0.1, 0.15) is 32.1 Å². The smallest absolute Gasteiger partial charge is 0.109 e. The van der Waals surface area contributed by atoms with Crippen molar-refractivity contribution in [1.29, 1.82) is 0 Å². The molecule has 2 aliphatic rings. The van der Waals surface area contributed by atoms with Gasteiger partial charge in [-0.3, -0.25) is 0 Å². The van der Waals surface area contributed by atoms with Crippen molar-refractivity contribution in [2.45, 2.75) is 32.1 Å². The van der Waals surface area contributed by atoms with E-state index in [0.29, 0.717) is 0 Å². The average molecular weight is 164 g/mol. The SMILES string of the molecule is C1=COCC(C2CCCCC2)=C1. The molecule has 0 radical (unpaired) electrons. The van der Waals surface area contributed by atoms with Crippen LogP contribution in [0.5, 0.6) is 0 Å². The summed E-state index contributed by atoms with van der Waals surface area (Å²) in [6, 6.07) is 0. The van der Waals surface area contributed by atoms with Crippen LogP contribution in [0.2, 0.25) is 0 Å². The fourth-order valence-electron chi connectivity index (χ4n) is 2.14. The van der Waals surface area contributed by atoms with Gasteiger partial charge in [-0.2, -0.15) is 0 Å². The molecule has 0 unspecified atom stereocenters. The number of hydrogen-bond donors (Lipinski definition) is 0. The first-order valence-electron chi connectivity index (χ1n) is 4.94. The van der Waals surface area contributed by atoms with Gasteiger partial charge in [0.05, 0.1) is 6.26 Å². The number of hydrogen-bond acceptors (Lipinski definition) is 1. The highest BCUT2D eigenvalue weighted by molar-refractivity contribution is 5.18. The van der Waals surface area contributed by atoms with Gasteiger partial charge in [0.25, 0.3) is 0 Å². The summed E-state index contributed by atoms with van der Waals surface area (Å²) >= 11 is 0. The summed E-state index contributed by atoms with van der Waals surface area (Å²) in [7, 11) is 0. The summed E-state index contributed by atoms with van der Waals surface area (Å²) in [5.41, 5.74) is 1.51. The van der Waals surface area contributed by atoms with E-state index in [-0.39, 0.29) is 0 Å². The predicted octanol–water partition coefficient (Wildman–Crippen LogP) is 3.04. The lowest BCUT2D eigenvalue weighted by Crippen LogP contribution is -2.13. The van der Waals surface area contributed by atoms with Crippen LogP contribution in [0.25, 0.3) is 0 Å². The van der Waals surface area contributed by atoms with E-state index in [9.17, 15) is 0 Å². The minimum atomic E-state index is 0.823. The Labute approximate surface area is 74.1 Å². The Bertz CT molecular complexity index is 197. The summed E-state index contributed by atoms with van der Waals surface area (Å²) in [5.74, 6) is 0.823. The van der Waals surface area contributed by atoms with Gasteiger partial charge in [-0.25, -0.2) is 0 Å². The van der Waals surface area contributed by atoms with Gasteiger partial charge in [0.1, 0.15) is 6.61 Å². The largest absolute Gasteiger partial charge is 0.497 e. The molecule has 0 aromatic heterocycles. The number of allylic oxidation sites excluding steroid dienone is 2. The second-order valence-corrected chi connectivity index (χ2v) is 3.72. The molecule has 1 fully saturated rings. The van der Waals surface area contributed by atoms with Gasteiger partial charge in [-0.1, -0.05) is 25.3 Å². The summed E-state index contributed by atoms with van der Waals surface area (Å²) in [6.07, 6.45) is 13.0. The van der Waals surface area contributed by atoms with Crippen LogP contribution >= 0.6 is 0 Å².